The number of Topliss-reactive ketones (excluding diaryl/α,β-unsaturated/α-hetero) is 1. The first-order chi connectivity index (χ1) is 10.8. The van der Waals surface area contributed by atoms with Crippen LogP contribution in [0.5, 0.6) is 5.75 Å². The highest BCUT2D eigenvalue weighted by atomic mass is 16.5. The molecule has 2 heteroatoms. The van der Waals surface area contributed by atoms with Crippen LogP contribution in [-0.2, 0) is 11.2 Å². The zero-order chi connectivity index (χ0) is 16.4. The van der Waals surface area contributed by atoms with Crippen LogP contribution in [0.1, 0.15) is 51.2 Å². The van der Waals surface area contributed by atoms with Crippen LogP contribution >= 0.6 is 0 Å². The Morgan fingerprint density at radius 3 is 2.65 bits per heavy atom. The van der Waals surface area contributed by atoms with Gasteiger partial charge in [-0.2, -0.15) is 0 Å². The summed E-state index contributed by atoms with van der Waals surface area (Å²) in [6, 6.07) is 6.39. The van der Waals surface area contributed by atoms with E-state index in [1.54, 1.807) is 7.11 Å². The lowest BCUT2D eigenvalue weighted by molar-refractivity contribution is -0.128. The number of fused-ring (bicyclic) bond motifs is 4. The fraction of sp³-hybridized carbons (Fsp3) is 0.476. The third-order valence-electron chi connectivity index (χ3n) is 5.93. The van der Waals surface area contributed by atoms with E-state index in [-0.39, 0.29) is 10.8 Å². The maximum absolute atomic E-state index is 12.8. The van der Waals surface area contributed by atoms with Gasteiger partial charge in [-0.15, -0.1) is 0 Å². The van der Waals surface area contributed by atoms with E-state index in [1.807, 2.05) is 6.07 Å². The number of hydrogen-bond acceptors (Lipinski definition) is 2. The Bertz CT molecular complexity index is 779. The van der Waals surface area contributed by atoms with Gasteiger partial charge < -0.3 is 4.74 Å². The highest BCUT2D eigenvalue weighted by molar-refractivity contribution is 5.95. The predicted octanol–water partition coefficient (Wildman–Crippen LogP) is 4.73. The Hall–Kier alpha value is -1.83. The van der Waals surface area contributed by atoms with Gasteiger partial charge in [-0.05, 0) is 71.6 Å². The van der Waals surface area contributed by atoms with Crippen molar-refractivity contribution in [1.29, 1.82) is 0 Å². The monoisotopic (exact) mass is 308 g/mol. The van der Waals surface area contributed by atoms with Crippen LogP contribution in [-0.4, -0.2) is 12.9 Å². The molecule has 0 saturated heterocycles. The minimum Gasteiger partial charge on any atom is -0.497 e. The molecule has 4 rings (SSSR count). The Balaban J connectivity index is 1.86. The number of ketones is 1. The second-order valence-corrected chi connectivity index (χ2v) is 8.14. The van der Waals surface area contributed by atoms with E-state index in [4.69, 9.17) is 4.74 Å². The van der Waals surface area contributed by atoms with Crippen molar-refractivity contribution in [2.24, 2.45) is 10.8 Å². The summed E-state index contributed by atoms with van der Waals surface area (Å²) >= 11 is 0. The van der Waals surface area contributed by atoms with Gasteiger partial charge in [0.1, 0.15) is 11.5 Å². The van der Waals surface area contributed by atoms with E-state index in [1.165, 1.54) is 27.8 Å². The van der Waals surface area contributed by atoms with E-state index in [9.17, 15) is 4.79 Å². The van der Waals surface area contributed by atoms with Crippen molar-refractivity contribution in [1.82, 2.24) is 0 Å². The van der Waals surface area contributed by atoms with Gasteiger partial charge in [-0.25, -0.2) is 0 Å². The second kappa shape index (κ2) is 4.59. The van der Waals surface area contributed by atoms with Crippen LogP contribution in [0.3, 0.4) is 0 Å². The SMILES string of the molecule is COc1ccc2c(c1)CC1=C2CCC2(C)C(=O)CC(C)(C)C=C12. The molecule has 120 valence electrons. The molecule has 3 aliphatic rings. The van der Waals surface area contributed by atoms with Crippen LogP contribution in [0, 0.1) is 10.8 Å². The summed E-state index contributed by atoms with van der Waals surface area (Å²) < 4.78 is 5.38. The van der Waals surface area contributed by atoms with Gasteiger partial charge >= 0.3 is 0 Å². The topological polar surface area (TPSA) is 26.3 Å². The summed E-state index contributed by atoms with van der Waals surface area (Å²) in [5, 5.41) is 0. The van der Waals surface area contributed by atoms with Crippen LogP contribution in [0.4, 0.5) is 0 Å². The highest BCUT2D eigenvalue weighted by Crippen LogP contribution is 2.56. The number of benzene rings is 1. The van der Waals surface area contributed by atoms with Crippen molar-refractivity contribution >= 4 is 11.4 Å². The minimum absolute atomic E-state index is 0.0339. The van der Waals surface area contributed by atoms with Gasteiger partial charge in [-0.3, -0.25) is 4.79 Å². The summed E-state index contributed by atoms with van der Waals surface area (Å²) in [6.07, 6.45) is 5.93. The van der Waals surface area contributed by atoms with Gasteiger partial charge in [0.05, 0.1) is 12.5 Å². The summed E-state index contributed by atoms with van der Waals surface area (Å²) in [7, 11) is 1.71. The zero-order valence-electron chi connectivity index (χ0n) is 14.5. The number of carbonyl (C=O) groups is 1. The maximum atomic E-state index is 12.8. The largest absolute Gasteiger partial charge is 0.497 e. The molecule has 1 aromatic rings. The van der Waals surface area contributed by atoms with Gasteiger partial charge in [0.25, 0.3) is 0 Å². The maximum Gasteiger partial charge on any atom is 0.143 e. The lowest BCUT2D eigenvalue weighted by Gasteiger charge is -2.43. The molecule has 0 radical (unpaired) electrons. The summed E-state index contributed by atoms with van der Waals surface area (Å²) in [5.41, 5.74) is 6.55. The zero-order valence-corrected chi connectivity index (χ0v) is 14.5. The molecule has 0 bridgehead atoms. The van der Waals surface area contributed by atoms with Crippen molar-refractivity contribution in [3.8, 4) is 5.75 Å². The summed E-state index contributed by atoms with van der Waals surface area (Å²) in [4.78, 5) is 12.8. The molecule has 3 aliphatic carbocycles. The fourth-order valence-electron chi connectivity index (χ4n) is 4.57. The van der Waals surface area contributed by atoms with E-state index >= 15 is 0 Å². The van der Waals surface area contributed by atoms with Gasteiger partial charge in [0.15, 0.2) is 0 Å². The molecule has 1 atom stereocenters. The predicted molar refractivity (Wildman–Crippen MR) is 92.4 cm³/mol. The van der Waals surface area contributed by atoms with Crippen molar-refractivity contribution < 1.29 is 9.53 Å². The smallest absolute Gasteiger partial charge is 0.143 e. The first kappa shape index (κ1) is 14.7. The lowest BCUT2D eigenvalue weighted by atomic mass is 9.59. The van der Waals surface area contributed by atoms with Crippen LogP contribution in [0.2, 0.25) is 0 Å². The molecule has 0 aromatic heterocycles. The quantitative estimate of drug-likeness (QED) is 0.749. The molecule has 0 fully saturated rings. The molecule has 2 nitrogen and oxygen atoms in total. The normalized spacial score (nSPS) is 28.0. The molecule has 0 amide bonds. The van der Waals surface area contributed by atoms with E-state index in [0.29, 0.717) is 12.2 Å². The van der Waals surface area contributed by atoms with Crippen LogP contribution in [0.25, 0.3) is 5.57 Å². The number of methoxy groups -OCH3 is 1. The highest BCUT2D eigenvalue weighted by Gasteiger charge is 2.48. The molecular formula is C21H24O2. The van der Waals surface area contributed by atoms with Crippen molar-refractivity contribution in [3.63, 3.8) is 0 Å². The Labute approximate surface area is 138 Å². The minimum atomic E-state index is -0.277. The van der Waals surface area contributed by atoms with Crippen LogP contribution < -0.4 is 4.74 Å². The Morgan fingerprint density at radius 2 is 1.91 bits per heavy atom. The van der Waals surface area contributed by atoms with Gasteiger partial charge in [0, 0.05) is 6.42 Å². The number of carbonyl (C=O) groups excluding carboxylic acids is 1. The van der Waals surface area contributed by atoms with Crippen molar-refractivity contribution in [3.05, 3.63) is 46.5 Å². The Morgan fingerprint density at radius 1 is 1.13 bits per heavy atom. The average molecular weight is 308 g/mol. The number of rotatable bonds is 1. The molecule has 23 heavy (non-hydrogen) atoms. The molecule has 1 unspecified atom stereocenters. The number of ether oxygens (including phenoxy) is 1. The second-order valence-electron chi connectivity index (χ2n) is 8.14. The van der Waals surface area contributed by atoms with Crippen molar-refractivity contribution in [2.75, 3.05) is 7.11 Å². The average Bonchev–Trinajstić information content (AvgIpc) is 2.86. The van der Waals surface area contributed by atoms with E-state index in [0.717, 1.165) is 25.0 Å². The third-order valence-corrected chi connectivity index (χ3v) is 5.93. The van der Waals surface area contributed by atoms with Gasteiger partial charge in [0.2, 0.25) is 0 Å². The molecule has 0 aliphatic heterocycles. The summed E-state index contributed by atoms with van der Waals surface area (Å²) in [5.74, 6) is 1.33. The molecule has 1 aromatic carbocycles. The lowest BCUT2D eigenvalue weighted by Crippen LogP contribution is -2.40. The fourth-order valence-corrected chi connectivity index (χ4v) is 4.57. The molecule has 0 spiro atoms. The Kier molecular flexibility index (Phi) is 2.94. The molecule has 0 heterocycles. The van der Waals surface area contributed by atoms with Crippen molar-refractivity contribution in [2.45, 2.75) is 46.5 Å². The number of allylic oxidation sites excluding steroid dienone is 4. The van der Waals surface area contributed by atoms with Gasteiger partial charge in [-0.1, -0.05) is 26.0 Å². The first-order valence-corrected chi connectivity index (χ1v) is 8.50. The standard InChI is InChI=1S/C21H24O2/c1-20(2)11-18-17-10-13-9-14(23-4)5-6-15(13)16(17)7-8-21(18,3)19(22)12-20/h5-6,9,11H,7-8,10,12H2,1-4H3. The molecule has 0 N–H and O–H groups in total. The molecular weight excluding hydrogens is 284 g/mol. The first-order valence-electron chi connectivity index (χ1n) is 8.50. The van der Waals surface area contributed by atoms with E-state index < -0.39 is 0 Å². The third kappa shape index (κ3) is 2.04. The van der Waals surface area contributed by atoms with E-state index in [2.05, 4.69) is 39.0 Å². The number of hydrogen-bond donors (Lipinski definition) is 0. The summed E-state index contributed by atoms with van der Waals surface area (Å²) in [6.45, 7) is 6.51. The van der Waals surface area contributed by atoms with Crippen LogP contribution in [0.15, 0.2) is 35.4 Å². The molecule has 0 saturated carbocycles.